The van der Waals surface area contributed by atoms with Gasteiger partial charge in [-0.15, -0.1) is 6.42 Å². The van der Waals surface area contributed by atoms with Gasteiger partial charge in [0.05, 0.1) is 6.33 Å². The van der Waals surface area contributed by atoms with Crippen LogP contribution in [0.15, 0.2) is 12.7 Å². The molecule has 1 N–H and O–H groups in total. The van der Waals surface area contributed by atoms with Gasteiger partial charge in [-0.1, -0.05) is 5.92 Å². The Balaban J connectivity index is 1.70. The monoisotopic (exact) mass is 399 g/mol. The summed E-state index contributed by atoms with van der Waals surface area (Å²) in [7, 11) is 0. The summed E-state index contributed by atoms with van der Waals surface area (Å²) < 4.78 is 18.2. The minimum Gasteiger partial charge on any atom is -0.455 e. The first-order valence-electron chi connectivity index (χ1n) is 9.38. The number of hydrogen-bond acceptors (Lipinski definition) is 9. The lowest BCUT2D eigenvalue weighted by molar-refractivity contribution is -0.165. The fourth-order valence-electron chi connectivity index (χ4n) is 3.52. The third-order valence-corrected chi connectivity index (χ3v) is 5.04. The number of terminal acetylenes is 1. The highest BCUT2D eigenvalue weighted by Gasteiger charge is 2.50. The predicted octanol–water partition coefficient (Wildman–Crippen LogP) is 1.18. The number of rotatable bonds is 5. The number of imidazole rings is 1. The second kappa shape index (κ2) is 7.67. The van der Waals surface area contributed by atoms with Crippen LogP contribution < -0.4 is 5.32 Å². The summed E-state index contributed by atoms with van der Waals surface area (Å²) in [5, 5.41) is 3.37. The zero-order chi connectivity index (χ0) is 20.5. The molecule has 3 heterocycles. The summed E-state index contributed by atoms with van der Waals surface area (Å²) in [6.07, 6.45) is 8.22. The van der Waals surface area contributed by atoms with Gasteiger partial charge in [0, 0.05) is 19.9 Å². The number of ether oxygens (including phenoxy) is 3. The van der Waals surface area contributed by atoms with Crippen LogP contribution in [0.25, 0.3) is 11.2 Å². The van der Waals surface area contributed by atoms with E-state index in [0.717, 1.165) is 12.8 Å². The van der Waals surface area contributed by atoms with Gasteiger partial charge >= 0.3 is 11.9 Å². The van der Waals surface area contributed by atoms with Crippen molar-refractivity contribution in [2.75, 3.05) is 5.32 Å². The van der Waals surface area contributed by atoms with Crippen molar-refractivity contribution >= 4 is 28.9 Å². The number of anilines is 1. The molecule has 4 rings (SSSR count). The van der Waals surface area contributed by atoms with Gasteiger partial charge in [0.1, 0.15) is 6.33 Å². The molecule has 152 valence electrons. The van der Waals surface area contributed by atoms with Crippen LogP contribution >= 0.6 is 0 Å². The maximum Gasteiger partial charge on any atom is 0.303 e. The average Bonchev–Trinajstić information content (AvgIpc) is 3.20. The molecule has 29 heavy (non-hydrogen) atoms. The maximum atomic E-state index is 11.7. The standard InChI is InChI=1S/C19H21N5O5/c1-4-13-15(27-10(2)25)16(28-11(3)26)19(29-13)24-9-22-14-17(20-8-21-18(14)24)23-12-6-5-7-12/h1,8-9,12-13,15-16,19H,5-7H2,2-3H3,(H,20,21,23). The third-order valence-electron chi connectivity index (χ3n) is 5.04. The molecule has 2 fully saturated rings. The van der Waals surface area contributed by atoms with E-state index in [1.165, 1.54) is 32.9 Å². The molecule has 0 spiro atoms. The Kier molecular flexibility index (Phi) is 5.07. The average molecular weight is 399 g/mol. The van der Waals surface area contributed by atoms with E-state index >= 15 is 0 Å². The van der Waals surface area contributed by atoms with E-state index in [1.54, 1.807) is 4.57 Å². The molecule has 2 aromatic heterocycles. The molecule has 1 saturated carbocycles. The third kappa shape index (κ3) is 3.61. The molecule has 0 radical (unpaired) electrons. The van der Waals surface area contributed by atoms with Gasteiger partial charge in [-0.05, 0) is 19.3 Å². The van der Waals surface area contributed by atoms with E-state index in [-0.39, 0.29) is 0 Å². The smallest absolute Gasteiger partial charge is 0.303 e. The summed E-state index contributed by atoms with van der Waals surface area (Å²) >= 11 is 0. The van der Waals surface area contributed by atoms with Crippen LogP contribution in [0.3, 0.4) is 0 Å². The number of hydrogen-bond donors (Lipinski definition) is 1. The Morgan fingerprint density at radius 1 is 1.21 bits per heavy atom. The normalized spacial score (nSPS) is 26.5. The van der Waals surface area contributed by atoms with Crippen LogP contribution in [-0.2, 0) is 23.8 Å². The Morgan fingerprint density at radius 2 is 1.93 bits per heavy atom. The summed E-state index contributed by atoms with van der Waals surface area (Å²) in [4.78, 5) is 36.3. The number of carbonyl (C=O) groups excluding carboxylic acids is 2. The number of nitrogens with one attached hydrogen (secondary N) is 1. The second-order valence-corrected chi connectivity index (χ2v) is 7.08. The summed E-state index contributed by atoms with van der Waals surface area (Å²) in [6.45, 7) is 2.52. The van der Waals surface area contributed by atoms with Crippen molar-refractivity contribution in [3.63, 3.8) is 0 Å². The first-order chi connectivity index (χ1) is 14.0. The van der Waals surface area contributed by atoms with Gasteiger partial charge in [-0.3, -0.25) is 14.2 Å². The molecule has 2 aromatic rings. The second-order valence-electron chi connectivity index (χ2n) is 7.08. The van der Waals surface area contributed by atoms with Crippen molar-refractivity contribution in [1.29, 1.82) is 0 Å². The number of fused-ring (bicyclic) bond motifs is 1. The summed E-state index contributed by atoms with van der Waals surface area (Å²) in [5.74, 6) is 1.97. The van der Waals surface area contributed by atoms with E-state index in [4.69, 9.17) is 20.6 Å². The molecule has 0 aromatic carbocycles. The van der Waals surface area contributed by atoms with Gasteiger partial charge in [0.25, 0.3) is 0 Å². The zero-order valence-corrected chi connectivity index (χ0v) is 16.1. The highest BCUT2D eigenvalue weighted by atomic mass is 16.6. The molecule has 1 aliphatic heterocycles. The van der Waals surface area contributed by atoms with Gasteiger partial charge in [0.2, 0.25) is 0 Å². The van der Waals surface area contributed by atoms with Crippen LogP contribution in [0.5, 0.6) is 0 Å². The largest absolute Gasteiger partial charge is 0.455 e. The fourth-order valence-corrected chi connectivity index (χ4v) is 3.52. The topological polar surface area (TPSA) is 117 Å². The summed E-state index contributed by atoms with van der Waals surface area (Å²) in [5.41, 5.74) is 1.06. The van der Waals surface area contributed by atoms with E-state index in [2.05, 4.69) is 26.2 Å². The molecule has 10 heteroatoms. The lowest BCUT2D eigenvalue weighted by atomic mass is 9.93. The van der Waals surface area contributed by atoms with Crippen LogP contribution in [0, 0.1) is 12.3 Å². The molecule has 2 aliphatic rings. The van der Waals surface area contributed by atoms with Crippen molar-refractivity contribution in [1.82, 2.24) is 19.5 Å². The van der Waals surface area contributed by atoms with Crippen molar-refractivity contribution in [2.45, 2.75) is 63.7 Å². The Labute approximate surface area is 167 Å². The van der Waals surface area contributed by atoms with E-state index in [1.807, 2.05) is 0 Å². The highest BCUT2D eigenvalue weighted by molar-refractivity contribution is 5.83. The maximum absolute atomic E-state index is 11.7. The molecule has 4 atom stereocenters. The zero-order valence-electron chi connectivity index (χ0n) is 16.1. The van der Waals surface area contributed by atoms with E-state index in [9.17, 15) is 9.59 Å². The lowest BCUT2D eigenvalue weighted by Gasteiger charge is -2.26. The minimum atomic E-state index is -0.951. The summed E-state index contributed by atoms with van der Waals surface area (Å²) in [6, 6.07) is 0.369. The Hall–Kier alpha value is -3.19. The SMILES string of the molecule is C#CC1OC(n2cnc3c(NC4CCC4)ncnc32)C(OC(C)=O)C1OC(C)=O. The Bertz CT molecular complexity index is 979. The van der Waals surface area contributed by atoms with E-state index in [0.29, 0.717) is 23.0 Å². The molecular weight excluding hydrogens is 378 g/mol. The number of carbonyl (C=O) groups is 2. The quantitative estimate of drug-likeness (QED) is 0.584. The number of nitrogens with zero attached hydrogens (tertiary/aromatic N) is 4. The predicted molar refractivity (Wildman–Crippen MR) is 100 cm³/mol. The lowest BCUT2D eigenvalue weighted by Crippen LogP contribution is -2.38. The van der Waals surface area contributed by atoms with Crippen LogP contribution in [0.2, 0.25) is 0 Å². The van der Waals surface area contributed by atoms with Gasteiger partial charge in [-0.25, -0.2) is 15.0 Å². The van der Waals surface area contributed by atoms with Gasteiger partial charge in [-0.2, -0.15) is 0 Å². The Morgan fingerprint density at radius 3 is 2.55 bits per heavy atom. The molecule has 1 saturated heterocycles. The van der Waals surface area contributed by atoms with Crippen molar-refractivity contribution in [3.8, 4) is 12.3 Å². The minimum absolute atomic E-state index is 0.369. The van der Waals surface area contributed by atoms with Crippen molar-refractivity contribution < 1.29 is 23.8 Å². The highest BCUT2D eigenvalue weighted by Crippen LogP contribution is 2.36. The van der Waals surface area contributed by atoms with Crippen LogP contribution in [0.1, 0.15) is 39.3 Å². The van der Waals surface area contributed by atoms with Crippen molar-refractivity contribution in [2.24, 2.45) is 0 Å². The molecule has 0 amide bonds. The van der Waals surface area contributed by atoms with Gasteiger partial charge in [0.15, 0.2) is 41.5 Å². The molecule has 4 unspecified atom stereocenters. The number of esters is 2. The first kappa shape index (κ1) is 19.1. The molecule has 10 nitrogen and oxygen atoms in total. The van der Waals surface area contributed by atoms with Crippen molar-refractivity contribution in [3.05, 3.63) is 12.7 Å². The van der Waals surface area contributed by atoms with Gasteiger partial charge < -0.3 is 19.5 Å². The molecular formula is C19H21N5O5. The fraction of sp³-hybridized carbons (Fsp3) is 0.526. The van der Waals surface area contributed by atoms with Crippen LogP contribution in [-0.4, -0.2) is 55.8 Å². The van der Waals surface area contributed by atoms with Crippen LogP contribution in [0.4, 0.5) is 5.82 Å². The number of aromatic nitrogens is 4. The van der Waals surface area contributed by atoms with E-state index < -0.39 is 36.5 Å². The molecule has 1 aliphatic carbocycles. The first-order valence-corrected chi connectivity index (χ1v) is 9.38. The molecule has 0 bridgehead atoms.